The van der Waals surface area contributed by atoms with E-state index < -0.39 is 5.60 Å². The van der Waals surface area contributed by atoms with Gasteiger partial charge in [0.2, 0.25) is 0 Å². The lowest BCUT2D eigenvalue weighted by molar-refractivity contribution is -0.145. The summed E-state index contributed by atoms with van der Waals surface area (Å²) in [5.41, 5.74) is -0.510. The minimum atomic E-state index is -0.510. The number of esters is 1. The Morgan fingerprint density at radius 2 is 0.886 bits per heavy atom. The summed E-state index contributed by atoms with van der Waals surface area (Å²) < 4.78 is 54.0. The number of nitrogens with zero attached hydrogens (tertiary/aromatic N) is 1. The predicted octanol–water partition coefficient (Wildman–Crippen LogP) is 3.50. The van der Waals surface area contributed by atoms with Crippen molar-refractivity contribution < 1.29 is 57.0 Å². The van der Waals surface area contributed by atoms with Gasteiger partial charge in [0.25, 0.3) is 0 Å². The normalized spacial score (nSPS) is 11.6. The average Bonchev–Trinajstić information content (AvgIpc) is 2.98. The molecule has 0 aromatic rings. The van der Waals surface area contributed by atoms with Crippen LogP contribution in [-0.2, 0) is 52.2 Å². The zero-order chi connectivity index (χ0) is 32.6. The van der Waals surface area contributed by atoms with Gasteiger partial charge in [0, 0.05) is 20.0 Å². The van der Waals surface area contributed by atoms with E-state index in [0.29, 0.717) is 119 Å². The Balaban J connectivity index is 3.19. The second kappa shape index (κ2) is 31.4. The number of unbranched alkanes of at least 4 members (excludes halogenated alkanes) is 3. The number of likely N-dealkylation sites (N-methyl/N-ethyl adjacent to an activating group) is 1. The maximum atomic E-state index is 11.8. The van der Waals surface area contributed by atoms with Crippen LogP contribution in [0.25, 0.3) is 0 Å². The molecule has 0 atom stereocenters. The van der Waals surface area contributed by atoms with E-state index >= 15 is 0 Å². The van der Waals surface area contributed by atoms with E-state index in [4.69, 9.17) is 47.4 Å². The molecular weight excluding hydrogens is 578 g/mol. The fourth-order valence-electron chi connectivity index (χ4n) is 3.26. The fourth-order valence-corrected chi connectivity index (χ4v) is 3.26. The van der Waals surface area contributed by atoms with Crippen molar-refractivity contribution in [2.45, 2.75) is 65.4 Å². The Morgan fingerprint density at radius 1 is 0.523 bits per heavy atom. The molecule has 13 nitrogen and oxygen atoms in total. The molecule has 0 aliphatic heterocycles. The summed E-state index contributed by atoms with van der Waals surface area (Å²) in [7, 11) is 1.68. The highest BCUT2D eigenvalue weighted by Gasteiger charge is 2.19. The number of rotatable bonds is 32. The summed E-state index contributed by atoms with van der Waals surface area (Å²) >= 11 is 0. The third-order valence-corrected chi connectivity index (χ3v) is 5.61. The molecule has 13 heteroatoms. The molecule has 1 amide bonds. The highest BCUT2D eigenvalue weighted by Crippen LogP contribution is 2.08. The molecule has 262 valence electrons. The van der Waals surface area contributed by atoms with Crippen molar-refractivity contribution in [1.29, 1.82) is 0 Å². The summed E-state index contributed by atoms with van der Waals surface area (Å²) in [6, 6.07) is 0. The van der Waals surface area contributed by atoms with Gasteiger partial charge in [0.15, 0.2) is 0 Å². The van der Waals surface area contributed by atoms with Crippen LogP contribution in [0.15, 0.2) is 0 Å². The van der Waals surface area contributed by atoms with Crippen molar-refractivity contribution in [3.63, 3.8) is 0 Å². The Kier molecular flexibility index (Phi) is 30.3. The number of carbonyl (C=O) groups is 2. The van der Waals surface area contributed by atoms with E-state index in [0.717, 1.165) is 25.7 Å². The highest BCUT2D eigenvalue weighted by molar-refractivity contribution is 5.69. The molecule has 0 rings (SSSR count). The third-order valence-electron chi connectivity index (χ3n) is 5.61. The molecule has 0 unspecified atom stereocenters. The summed E-state index contributed by atoms with van der Waals surface area (Å²) in [5, 5.41) is 0. The first-order valence-electron chi connectivity index (χ1n) is 16.0. The number of hydrogen-bond acceptors (Lipinski definition) is 12. The molecule has 0 spiro atoms. The Morgan fingerprint density at radius 3 is 1.25 bits per heavy atom. The topological polar surface area (TPSA) is 130 Å². The van der Waals surface area contributed by atoms with E-state index in [2.05, 4.69) is 6.92 Å². The van der Waals surface area contributed by atoms with Gasteiger partial charge < -0.3 is 52.3 Å². The van der Waals surface area contributed by atoms with Gasteiger partial charge in [-0.2, -0.15) is 0 Å². The average molecular weight is 640 g/mol. The van der Waals surface area contributed by atoms with Crippen LogP contribution in [0.4, 0.5) is 4.79 Å². The van der Waals surface area contributed by atoms with Gasteiger partial charge in [-0.1, -0.05) is 26.2 Å². The van der Waals surface area contributed by atoms with Crippen LogP contribution in [0.2, 0.25) is 0 Å². The molecule has 0 aliphatic carbocycles. The van der Waals surface area contributed by atoms with Gasteiger partial charge in [-0.3, -0.25) is 4.79 Å². The number of amides is 1. The first kappa shape index (κ1) is 42.4. The molecule has 0 N–H and O–H groups in total. The summed E-state index contributed by atoms with van der Waals surface area (Å²) in [5.74, 6) is -0.155. The quantitative estimate of drug-likeness (QED) is 0.0789. The van der Waals surface area contributed by atoms with Crippen molar-refractivity contribution in [1.82, 2.24) is 4.90 Å². The maximum absolute atomic E-state index is 11.8. The fraction of sp³-hybridized carbons (Fsp3) is 0.935. The lowest BCUT2D eigenvalue weighted by Crippen LogP contribution is -2.36. The third kappa shape index (κ3) is 33.3. The van der Waals surface area contributed by atoms with E-state index in [1.54, 1.807) is 7.05 Å². The van der Waals surface area contributed by atoms with Crippen LogP contribution in [0.5, 0.6) is 0 Å². The second-order valence-electron chi connectivity index (χ2n) is 10.8. The van der Waals surface area contributed by atoms with E-state index in [9.17, 15) is 9.59 Å². The molecule has 0 saturated heterocycles. The number of hydrogen-bond donors (Lipinski definition) is 0. The van der Waals surface area contributed by atoms with Crippen LogP contribution in [0.3, 0.4) is 0 Å². The molecule has 44 heavy (non-hydrogen) atoms. The van der Waals surface area contributed by atoms with E-state index in [-0.39, 0.29) is 18.7 Å². The summed E-state index contributed by atoms with van der Waals surface area (Å²) in [4.78, 5) is 24.9. The zero-order valence-corrected chi connectivity index (χ0v) is 28.1. The van der Waals surface area contributed by atoms with Crippen LogP contribution < -0.4 is 0 Å². The van der Waals surface area contributed by atoms with Crippen molar-refractivity contribution in [3.05, 3.63) is 0 Å². The van der Waals surface area contributed by atoms with Crippen molar-refractivity contribution >= 4 is 12.1 Å². The largest absolute Gasteiger partial charge is 0.463 e. The lowest BCUT2D eigenvalue weighted by atomic mass is 10.2. The molecule has 0 radical (unpaired) electrons. The monoisotopic (exact) mass is 639 g/mol. The molecule has 0 saturated carbocycles. The Labute approximate surface area is 265 Å². The minimum absolute atomic E-state index is 0.155. The van der Waals surface area contributed by atoms with Gasteiger partial charge in [-0.05, 0) is 27.2 Å². The van der Waals surface area contributed by atoms with Crippen molar-refractivity contribution in [2.75, 3.05) is 126 Å². The number of carbonyl (C=O) groups excluding carboxylic acids is 2. The van der Waals surface area contributed by atoms with Gasteiger partial charge in [-0.25, -0.2) is 4.79 Å². The summed E-state index contributed by atoms with van der Waals surface area (Å²) in [6.45, 7) is 15.8. The van der Waals surface area contributed by atoms with E-state index in [1.807, 2.05) is 20.8 Å². The van der Waals surface area contributed by atoms with Gasteiger partial charge in [0.1, 0.15) is 12.2 Å². The zero-order valence-electron chi connectivity index (χ0n) is 28.1. The van der Waals surface area contributed by atoms with Crippen molar-refractivity contribution in [3.8, 4) is 0 Å². The smallest absolute Gasteiger partial charge is 0.410 e. The first-order chi connectivity index (χ1) is 21.3. The first-order valence-corrected chi connectivity index (χ1v) is 16.0. The van der Waals surface area contributed by atoms with Gasteiger partial charge in [-0.15, -0.1) is 0 Å². The molecular formula is C31H61NO12. The molecule has 0 aliphatic rings. The van der Waals surface area contributed by atoms with Crippen LogP contribution in [0.1, 0.15) is 59.8 Å². The van der Waals surface area contributed by atoms with E-state index in [1.165, 1.54) is 4.90 Å². The summed E-state index contributed by atoms with van der Waals surface area (Å²) in [6.07, 6.45) is 4.38. The van der Waals surface area contributed by atoms with Gasteiger partial charge >= 0.3 is 12.1 Å². The number of ether oxygens (including phenoxy) is 10. The van der Waals surface area contributed by atoms with Crippen molar-refractivity contribution in [2.24, 2.45) is 0 Å². The van der Waals surface area contributed by atoms with Gasteiger partial charge in [0.05, 0.1) is 106 Å². The molecule has 0 heterocycles. The lowest BCUT2D eigenvalue weighted by Gasteiger charge is -2.24. The van der Waals surface area contributed by atoms with Crippen LogP contribution in [0, 0.1) is 0 Å². The van der Waals surface area contributed by atoms with Crippen LogP contribution in [-0.4, -0.2) is 148 Å². The second-order valence-corrected chi connectivity index (χ2v) is 10.8. The molecule has 0 bridgehead atoms. The Bertz CT molecular complexity index is 648. The Hall–Kier alpha value is -1.58. The molecule has 0 aromatic heterocycles. The maximum Gasteiger partial charge on any atom is 0.410 e. The van der Waals surface area contributed by atoms with Crippen LogP contribution >= 0.6 is 0 Å². The predicted molar refractivity (Wildman–Crippen MR) is 165 cm³/mol. The SMILES string of the molecule is CCCCCCC(=O)OCCOCCOCCOCCOCCOCCOCCOCCOCCN(C)C(=O)OC(C)(C)C. The molecule has 0 aromatic carbocycles. The highest BCUT2D eigenvalue weighted by atomic mass is 16.6. The molecule has 0 fully saturated rings. The minimum Gasteiger partial charge on any atom is -0.463 e. The standard InChI is InChI=1S/C31H61NO12/c1-6-7-8-9-10-29(33)43-28-27-42-26-25-41-24-23-40-22-21-39-20-19-38-18-17-37-16-15-36-14-13-35-12-11-32(5)30(34)44-31(2,3)4/h6-28H2,1-5H3.